The highest BCUT2D eigenvalue weighted by atomic mass is 35.5. The quantitative estimate of drug-likeness (QED) is 0.596. The highest BCUT2D eigenvalue weighted by molar-refractivity contribution is 7.98. The summed E-state index contributed by atoms with van der Waals surface area (Å²) in [4.78, 5) is 0. The molecular weight excluding hydrogens is 358 g/mol. The Kier molecular flexibility index (Phi) is 5.50. The second kappa shape index (κ2) is 7.80. The third kappa shape index (κ3) is 3.91. The van der Waals surface area contributed by atoms with Crippen LogP contribution in [0.25, 0.3) is 11.4 Å². The van der Waals surface area contributed by atoms with Crippen LogP contribution in [0.3, 0.4) is 0 Å². The molecule has 0 aliphatic rings. The molecule has 25 heavy (non-hydrogen) atoms. The van der Waals surface area contributed by atoms with Gasteiger partial charge in [-0.15, -0.1) is 10.2 Å². The molecule has 0 radical (unpaired) electrons. The van der Waals surface area contributed by atoms with Gasteiger partial charge in [-0.2, -0.15) is 0 Å². The van der Waals surface area contributed by atoms with Crippen molar-refractivity contribution < 1.29 is 9.47 Å². The number of aromatic nitrogens is 3. The molecule has 0 amide bonds. The molecule has 0 aliphatic carbocycles. The van der Waals surface area contributed by atoms with Crippen molar-refractivity contribution in [3.63, 3.8) is 0 Å². The predicted octanol–water partition coefficient (Wildman–Crippen LogP) is 4.45. The van der Waals surface area contributed by atoms with Crippen LogP contribution in [0.15, 0.2) is 47.6 Å². The van der Waals surface area contributed by atoms with Crippen molar-refractivity contribution in [3.05, 3.63) is 53.1 Å². The Labute approximate surface area is 155 Å². The second-order valence-electron chi connectivity index (χ2n) is 5.35. The zero-order valence-electron chi connectivity index (χ0n) is 14.2. The number of hydrogen-bond acceptors (Lipinski definition) is 5. The van der Waals surface area contributed by atoms with Gasteiger partial charge in [0.05, 0.1) is 14.2 Å². The molecule has 130 valence electrons. The van der Waals surface area contributed by atoms with E-state index >= 15 is 0 Å². The van der Waals surface area contributed by atoms with Crippen molar-refractivity contribution in [2.75, 3.05) is 14.2 Å². The van der Waals surface area contributed by atoms with Crippen molar-refractivity contribution in [2.24, 2.45) is 7.05 Å². The van der Waals surface area contributed by atoms with Crippen molar-refractivity contribution in [1.82, 2.24) is 14.8 Å². The van der Waals surface area contributed by atoms with E-state index < -0.39 is 0 Å². The van der Waals surface area contributed by atoms with E-state index in [1.165, 1.54) is 5.56 Å². The van der Waals surface area contributed by atoms with Crippen molar-refractivity contribution in [1.29, 1.82) is 0 Å². The highest BCUT2D eigenvalue weighted by Crippen LogP contribution is 2.32. The predicted molar refractivity (Wildman–Crippen MR) is 101 cm³/mol. The number of rotatable bonds is 6. The van der Waals surface area contributed by atoms with Crippen LogP contribution in [0.5, 0.6) is 11.5 Å². The molecule has 7 heteroatoms. The fraction of sp³-hybridized carbons (Fsp3) is 0.222. The molecule has 1 aromatic heterocycles. The average molecular weight is 376 g/mol. The third-order valence-corrected chi connectivity index (χ3v) is 5.10. The summed E-state index contributed by atoms with van der Waals surface area (Å²) in [6, 6.07) is 13.5. The van der Waals surface area contributed by atoms with E-state index in [-0.39, 0.29) is 0 Å². The summed E-state index contributed by atoms with van der Waals surface area (Å²) in [6.07, 6.45) is 0. The zero-order chi connectivity index (χ0) is 17.8. The minimum atomic E-state index is 0.665. The minimum absolute atomic E-state index is 0.665. The largest absolute Gasteiger partial charge is 0.493 e. The number of thioether (sulfide) groups is 1. The maximum atomic E-state index is 5.92. The maximum Gasteiger partial charge on any atom is 0.191 e. The van der Waals surface area contributed by atoms with Gasteiger partial charge in [-0.25, -0.2) is 0 Å². The van der Waals surface area contributed by atoms with Gasteiger partial charge in [0.15, 0.2) is 22.5 Å². The van der Waals surface area contributed by atoms with Crippen molar-refractivity contribution >= 4 is 23.4 Å². The van der Waals surface area contributed by atoms with E-state index in [2.05, 4.69) is 10.2 Å². The SMILES string of the molecule is COc1ccc(-c2nnc(SCc3ccc(Cl)cc3)n2C)cc1OC. The number of ether oxygens (including phenoxy) is 2. The molecule has 0 unspecified atom stereocenters. The summed E-state index contributed by atoms with van der Waals surface area (Å²) < 4.78 is 12.6. The van der Waals surface area contributed by atoms with Gasteiger partial charge in [0, 0.05) is 23.4 Å². The molecule has 0 aliphatic heterocycles. The smallest absolute Gasteiger partial charge is 0.191 e. The van der Waals surface area contributed by atoms with Gasteiger partial charge in [-0.3, -0.25) is 0 Å². The lowest BCUT2D eigenvalue weighted by molar-refractivity contribution is 0.355. The first-order valence-electron chi connectivity index (χ1n) is 7.61. The van der Waals surface area contributed by atoms with E-state index in [1.807, 2.05) is 54.1 Å². The summed E-state index contributed by atoms with van der Waals surface area (Å²) in [6.45, 7) is 0. The molecule has 3 rings (SSSR count). The Balaban J connectivity index is 1.80. The van der Waals surface area contributed by atoms with E-state index in [4.69, 9.17) is 21.1 Å². The van der Waals surface area contributed by atoms with Crippen LogP contribution in [-0.4, -0.2) is 29.0 Å². The number of nitrogens with zero attached hydrogens (tertiary/aromatic N) is 3. The van der Waals surface area contributed by atoms with Crippen molar-refractivity contribution in [3.8, 4) is 22.9 Å². The topological polar surface area (TPSA) is 49.2 Å². The van der Waals surface area contributed by atoms with Crippen LogP contribution >= 0.6 is 23.4 Å². The van der Waals surface area contributed by atoms with E-state index in [0.29, 0.717) is 11.5 Å². The first-order chi connectivity index (χ1) is 12.1. The summed E-state index contributed by atoms with van der Waals surface area (Å²) >= 11 is 7.55. The zero-order valence-corrected chi connectivity index (χ0v) is 15.8. The van der Waals surface area contributed by atoms with E-state index in [0.717, 1.165) is 27.3 Å². The van der Waals surface area contributed by atoms with Crippen LogP contribution in [-0.2, 0) is 12.8 Å². The van der Waals surface area contributed by atoms with Gasteiger partial charge in [-0.05, 0) is 35.9 Å². The van der Waals surface area contributed by atoms with Gasteiger partial charge in [-0.1, -0.05) is 35.5 Å². The van der Waals surface area contributed by atoms with Crippen LogP contribution < -0.4 is 9.47 Å². The molecule has 0 fully saturated rings. The van der Waals surface area contributed by atoms with Crippen LogP contribution in [0.2, 0.25) is 5.02 Å². The lowest BCUT2D eigenvalue weighted by atomic mass is 10.2. The normalized spacial score (nSPS) is 10.7. The molecule has 0 N–H and O–H groups in total. The summed E-state index contributed by atoms with van der Waals surface area (Å²) in [5, 5.41) is 10.2. The first-order valence-corrected chi connectivity index (χ1v) is 8.97. The number of methoxy groups -OCH3 is 2. The standard InChI is InChI=1S/C18H18ClN3O2S/c1-22-17(13-6-9-15(23-2)16(10-13)24-3)20-21-18(22)25-11-12-4-7-14(19)8-5-12/h4-10H,11H2,1-3H3. The van der Waals surface area contributed by atoms with Crippen molar-refractivity contribution in [2.45, 2.75) is 10.9 Å². The molecule has 0 atom stereocenters. The number of hydrogen-bond donors (Lipinski definition) is 0. The molecule has 0 saturated heterocycles. The Morgan fingerprint density at radius 2 is 1.72 bits per heavy atom. The second-order valence-corrected chi connectivity index (χ2v) is 6.73. The monoisotopic (exact) mass is 375 g/mol. The van der Waals surface area contributed by atoms with Crippen LogP contribution in [0.4, 0.5) is 0 Å². The Morgan fingerprint density at radius 1 is 1.00 bits per heavy atom. The van der Waals surface area contributed by atoms with Gasteiger partial charge < -0.3 is 14.0 Å². The lowest BCUT2D eigenvalue weighted by Crippen LogP contribution is -1.96. The summed E-state index contributed by atoms with van der Waals surface area (Å²) in [5.74, 6) is 2.93. The molecule has 0 spiro atoms. The highest BCUT2D eigenvalue weighted by Gasteiger charge is 2.14. The fourth-order valence-electron chi connectivity index (χ4n) is 2.40. The van der Waals surface area contributed by atoms with Crippen LogP contribution in [0, 0.1) is 0 Å². The molecule has 0 bridgehead atoms. The Bertz CT molecular complexity index is 865. The Hall–Kier alpha value is -2.18. The molecule has 2 aromatic carbocycles. The molecule has 3 aromatic rings. The van der Waals surface area contributed by atoms with E-state index in [1.54, 1.807) is 26.0 Å². The third-order valence-electron chi connectivity index (χ3n) is 3.76. The van der Waals surface area contributed by atoms with Gasteiger partial charge >= 0.3 is 0 Å². The maximum absolute atomic E-state index is 5.92. The molecule has 0 saturated carbocycles. The first kappa shape index (κ1) is 17.6. The number of benzene rings is 2. The minimum Gasteiger partial charge on any atom is -0.493 e. The van der Waals surface area contributed by atoms with Crippen LogP contribution in [0.1, 0.15) is 5.56 Å². The van der Waals surface area contributed by atoms with Gasteiger partial charge in [0.2, 0.25) is 0 Å². The average Bonchev–Trinajstić information content (AvgIpc) is 3.01. The Morgan fingerprint density at radius 3 is 2.40 bits per heavy atom. The molecular formula is C18H18ClN3O2S. The lowest BCUT2D eigenvalue weighted by Gasteiger charge is -2.09. The fourth-order valence-corrected chi connectivity index (χ4v) is 3.39. The summed E-state index contributed by atoms with van der Waals surface area (Å²) in [7, 11) is 5.19. The number of halogens is 1. The summed E-state index contributed by atoms with van der Waals surface area (Å²) in [5.41, 5.74) is 2.11. The van der Waals surface area contributed by atoms with Gasteiger partial charge in [0.1, 0.15) is 0 Å². The van der Waals surface area contributed by atoms with Gasteiger partial charge in [0.25, 0.3) is 0 Å². The molecule has 1 heterocycles. The van der Waals surface area contributed by atoms with E-state index in [9.17, 15) is 0 Å². The molecule has 5 nitrogen and oxygen atoms in total.